The highest BCUT2D eigenvalue weighted by Gasteiger charge is 2.34. The van der Waals surface area contributed by atoms with Crippen molar-refractivity contribution in [3.63, 3.8) is 0 Å². The Bertz CT molecular complexity index is 853. The Balaban J connectivity index is 0.00000240. The van der Waals surface area contributed by atoms with Crippen LogP contribution in [0.25, 0.3) is 5.69 Å². The molecule has 4 rings (SSSR count). The van der Waals surface area contributed by atoms with Gasteiger partial charge >= 0.3 is 0 Å². The lowest BCUT2D eigenvalue weighted by Gasteiger charge is -2.37. The molecule has 0 atom stereocenters. The van der Waals surface area contributed by atoms with Crippen LogP contribution in [0.5, 0.6) is 0 Å². The summed E-state index contributed by atoms with van der Waals surface area (Å²) in [6.07, 6.45) is 5.01. The SMILES string of the molecule is COCC1(CNC(=O)c2nn(-c3ccccc3C)c3c2CCC3)CCNCC1.Cl. The normalized spacial score (nSPS) is 17.4. The quantitative estimate of drug-likeness (QED) is 0.756. The molecular weight excluding hydrogens is 388 g/mol. The molecule has 1 aromatic carbocycles. The lowest BCUT2D eigenvalue weighted by Crippen LogP contribution is -2.47. The van der Waals surface area contributed by atoms with Crippen LogP contribution in [0.2, 0.25) is 0 Å². The smallest absolute Gasteiger partial charge is 0.272 e. The van der Waals surface area contributed by atoms with Crippen LogP contribution in [0.3, 0.4) is 0 Å². The highest BCUT2D eigenvalue weighted by molar-refractivity contribution is 5.94. The fourth-order valence-corrected chi connectivity index (χ4v) is 4.61. The summed E-state index contributed by atoms with van der Waals surface area (Å²) in [5.74, 6) is -0.0560. The van der Waals surface area contributed by atoms with Crippen molar-refractivity contribution >= 4 is 18.3 Å². The van der Waals surface area contributed by atoms with Crippen molar-refractivity contribution in [2.75, 3.05) is 33.4 Å². The van der Waals surface area contributed by atoms with Crippen molar-refractivity contribution in [3.8, 4) is 5.69 Å². The third-order valence-corrected chi connectivity index (χ3v) is 6.23. The van der Waals surface area contributed by atoms with Gasteiger partial charge in [0, 0.05) is 30.3 Å². The molecule has 1 saturated heterocycles. The highest BCUT2D eigenvalue weighted by Crippen LogP contribution is 2.30. The lowest BCUT2D eigenvalue weighted by atomic mass is 9.79. The summed E-state index contributed by atoms with van der Waals surface area (Å²) in [6.45, 7) is 5.33. The van der Waals surface area contributed by atoms with Crippen LogP contribution >= 0.6 is 12.4 Å². The largest absolute Gasteiger partial charge is 0.384 e. The zero-order valence-electron chi connectivity index (χ0n) is 17.3. The van der Waals surface area contributed by atoms with Gasteiger partial charge in [-0.3, -0.25) is 4.79 Å². The first-order chi connectivity index (χ1) is 13.6. The number of amides is 1. The molecule has 2 aliphatic rings. The number of rotatable bonds is 6. The van der Waals surface area contributed by atoms with E-state index in [2.05, 4.69) is 29.7 Å². The zero-order valence-corrected chi connectivity index (χ0v) is 18.1. The van der Waals surface area contributed by atoms with Gasteiger partial charge in [0.15, 0.2) is 5.69 Å². The second-order valence-electron chi connectivity index (χ2n) is 8.19. The first-order valence-corrected chi connectivity index (χ1v) is 10.3. The van der Waals surface area contributed by atoms with Gasteiger partial charge in [-0.05, 0) is 63.7 Å². The topological polar surface area (TPSA) is 68.2 Å². The van der Waals surface area contributed by atoms with Crippen LogP contribution in [0.1, 0.15) is 46.6 Å². The first kappa shape index (κ1) is 21.8. The van der Waals surface area contributed by atoms with Crippen molar-refractivity contribution in [3.05, 3.63) is 46.8 Å². The number of carbonyl (C=O) groups excluding carboxylic acids is 1. The van der Waals surface area contributed by atoms with Crippen LogP contribution in [-0.2, 0) is 17.6 Å². The molecule has 0 radical (unpaired) electrons. The maximum Gasteiger partial charge on any atom is 0.272 e. The highest BCUT2D eigenvalue weighted by atomic mass is 35.5. The van der Waals surface area contributed by atoms with E-state index in [4.69, 9.17) is 9.84 Å². The number of aromatic nitrogens is 2. The number of methoxy groups -OCH3 is 1. The molecule has 1 amide bonds. The second-order valence-corrected chi connectivity index (χ2v) is 8.19. The monoisotopic (exact) mass is 418 g/mol. The molecule has 1 aliphatic heterocycles. The minimum Gasteiger partial charge on any atom is -0.384 e. The van der Waals surface area contributed by atoms with Crippen LogP contribution in [0.15, 0.2) is 24.3 Å². The number of aryl methyl sites for hydroxylation is 1. The summed E-state index contributed by atoms with van der Waals surface area (Å²) < 4.78 is 7.46. The van der Waals surface area contributed by atoms with Gasteiger partial charge in [-0.2, -0.15) is 5.10 Å². The number of hydrogen-bond acceptors (Lipinski definition) is 4. The lowest BCUT2D eigenvalue weighted by molar-refractivity contribution is 0.0510. The van der Waals surface area contributed by atoms with Crippen molar-refractivity contribution in [1.82, 2.24) is 20.4 Å². The predicted octanol–water partition coefficient (Wildman–Crippen LogP) is 2.84. The van der Waals surface area contributed by atoms with E-state index in [9.17, 15) is 4.79 Å². The van der Waals surface area contributed by atoms with E-state index in [1.807, 2.05) is 16.8 Å². The van der Waals surface area contributed by atoms with Crippen molar-refractivity contribution in [2.24, 2.45) is 5.41 Å². The molecule has 6 nitrogen and oxygen atoms in total. The molecule has 0 bridgehead atoms. The maximum atomic E-state index is 13.1. The number of nitrogens with zero attached hydrogens (tertiary/aromatic N) is 2. The van der Waals surface area contributed by atoms with Crippen molar-refractivity contribution < 1.29 is 9.53 Å². The van der Waals surface area contributed by atoms with Gasteiger partial charge in [-0.25, -0.2) is 4.68 Å². The number of halogens is 1. The van der Waals surface area contributed by atoms with Crippen molar-refractivity contribution in [1.29, 1.82) is 0 Å². The Morgan fingerprint density at radius 1 is 1.28 bits per heavy atom. The van der Waals surface area contributed by atoms with E-state index in [0.717, 1.165) is 56.4 Å². The number of fused-ring (bicyclic) bond motifs is 1. The molecule has 2 N–H and O–H groups in total. The Hall–Kier alpha value is -1.89. The number of ether oxygens (including phenoxy) is 1. The number of piperidine rings is 1. The zero-order chi connectivity index (χ0) is 19.6. The summed E-state index contributed by atoms with van der Waals surface area (Å²) in [5, 5.41) is 11.3. The molecule has 29 heavy (non-hydrogen) atoms. The standard InChI is InChI=1S/C22H30N4O2.ClH/c1-16-6-3-4-8-18(16)26-19-9-5-7-17(19)20(25-26)21(27)24-14-22(15-28-2)10-12-23-13-11-22;/h3-4,6,8,23H,5,7,9-15H2,1-2H3,(H,24,27);1H. The molecule has 2 heterocycles. The van der Waals surface area contributed by atoms with Gasteiger partial charge in [0.05, 0.1) is 12.3 Å². The maximum absolute atomic E-state index is 13.1. The minimum absolute atomic E-state index is 0. The second kappa shape index (κ2) is 9.28. The van der Waals surface area contributed by atoms with Gasteiger partial charge < -0.3 is 15.4 Å². The summed E-state index contributed by atoms with van der Waals surface area (Å²) >= 11 is 0. The molecular formula is C22H31ClN4O2. The number of hydrogen-bond donors (Lipinski definition) is 2. The van der Waals surface area contributed by atoms with E-state index in [1.165, 1.54) is 11.3 Å². The van der Waals surface area contributed by atoms with Gasteiger partial charge in [0.1, 0.15) is 0 Å². The molecule has 0 unspecified atom stereocenters. The van der Waals surface area contributed by atoms with Gasteiger partial charge in [0.2, 0.25) is 0 Å². The van der Waals surface area contributed by atoms with Crippen LogP contribution in [0.4, 0.5) is 0 Å². The van der Waals surface area contributed by atoms with Crippen LogP contribution in [0, 0.1) is 12.3 Å². The van der Waals surface area contributed by atoms with E-state index < -0.39 is 0 Å². The molecule has 1 aliphatic carbocycles. The number of nitrogens with one attached hydrogen (secondary N) is 2. The fourth-order valence-electron chi connectivity index (χ4n) is 4.61. The molecule has 1 fully saturated rings. The summed E-state index contributed by atoms with van der Waals surface area (Å²) in [5.41, 5.74) is 5.14. The third kappa shape index (κ3) is 4.34. The Morgan fingerprint density at radius 2 is 2.03 bits per heavy atom. The fraction of sp³-hybridized carbons (Fsp3) is 0.545. The van der Waals surface area contributed by atoms with Crippen LogP contribution in [-0.4, -0.2) is 49.0 Å². The average molecular weight is 419 g/mol. The Morgan fingerprint density at radius 3 is 2.76 bits per heavy atom. The van der Waals surface area contributed by atoms with Gasteiger partial charge in [0.25, 0.3) is 5.91 Å². The first-order valence-electron chi connectivity index (χ1n) is 10.3. The minimum atomic E-state index is -0.0560. The summed E-state index contributed by atoms with van der Waals surface area (Å²) in [7, 11) is 1.74. The van der Waals surface area contributed by atoms with Gasteiger partial charge in [-0.15, -0.1) is 12.4 Å². The molecule has 2 aromatic rings. The van der Waals surface area contributed by atoms with E-state index in [0.29, 0.717) is 18.8 Å². The number of carbonyl (C=O) groups is 1. The average Bonchev–Trinajstić information content (AvgIpc) is 3.31. The van der Waals surface area contributed by atoms with E-state index >= 15 is 0 Å². The molecule has 0 saturated carbocycles. The molecule has 1 aromatic heterocycles. The Labute approximate surface area is 178 Å². The summed E-state index contributed by atoms with van der Waals surface area (Å²) in [6, 6.07) is 8.22. The van der Waals surface area contributed by atoms with Gasteiger partial charge in [-0.1, -0.05) is 18.2 Å². The predicted molar refractivity (Wildman–Crippen MR) is 116 cm³/mol. The van der Waals surface area contributed by atoms with E-state index in [-0.39, 0.29) is 23.7 Å². The Kier molecular flexibility index (Phi) is 6.98. The third-order valence-electron chi connectivity index (χ3n) is 6.23. The van der Waals surface area contributed by atoms with Crippen molar-refractivity contribution in [2.45, 2.75) is 39.0 Å². The molecule has 7 heteroatoms. The molecule has 0 spiro atoms. The van der Waals surface area contributed by atoms with Crippen LogP contribution < -0.4 is 10.6 Å². The number of para-hydroxylation sites is 1. The molecule has 158 valence electrons. The van der Waals surface area contributed by atoms with E-state index in [1.54, 1.807) is 7.11 Å². The number of benzene rings is 1. The summed E-state index contributed by atoms with van der Waals surface area (Å²) in [4.78, 5) is 13.1.